The Labute approximate surface area is 117 Å². The van der Waals surface area contributed by atoms with Gasteiger partial charge in [-0.05, 0) is 23.8 Å². The minimum Gasteiger partial charge on any atom is -0.348 e. The Bertz CT molecular complexity index is 609. The molecule has 0 aliphatic carbocycles. The molecule has 0 atom stereocenters. The van der Waals surface area contributed by atoms with Crippen molar-refractivity contribution in [1.82, 2.24) is 5.32 Å². The van der Waals surface area contributed by atoms with E-state index in [4.69, 9.17) is 0 Å². The number of benzene rings is 2. The lowest BCUT2D eigenvalue weighted by Gasteiger charge is -2.07. The summed E-state index contributed by atoms with van der Waals surface area (Å²) in [6, 6.07) is 16.5. The van der Waals surface area contributed by atoms with Crippen LogP contribution in [0.5, 0.6) is 0 Å². The first-order valence-electron chi connectivity index (χ1n) is 6.35. The third-order valence-corrected chi connectivity index (χ3v) is 2.74. The van der Waals surface area contributed by atoms with E-state index < -0.39 is 0 Å². The summed E-state index contributed by atoms with van der Waals surface area (Å²) in [6.07, 6.45) is 0. The molecule has 0 fully saturated rings. The number of carbonyl (C=O) groups is 2. The molecule has 2 N–H and O–H groups in total. The molecule has 0 heterocycles. The van der Waals surface area contributed by atoms with Crippen LogP contribution in [0.3, 0.4) is 0 Å². The van der Waals surface area contributed by atoms with Gasteiger partial charge >= 0.3 is 0 Å². The Morgan fingerprint density at radius 2 is 1.75 bits per heavy atom. The Balaban J connectivity index is 2.00. The molecule has 0 saturated heterocycles. The largest absolute Gasteiger partial charge is 0.348 e. The molecule has 0 saturated carbocycles. The molecule has 2 rings (SSSR count). The second-order valence-electron chi connectivity index (χ2n) is 4.43. The summed E-state index contributed by atoms with van der Waals surface area (Å²) >= 11 is 0. The van der Waals surface area contributed by atoms with Gasteiger partial charge in [0.15, 0.2) is 0 Å². The van der Waals surface area contributed by atoms with Gasteiger partial charge in [-0.2, -0.15) is 0 Å². The van der Waals surface area contributed by atoms with Gasteiger partial charge in [-0.1, -0.05) is 36.4 Å². The monoisotopic (exact) mass is 268 g/mol. The molecular formula is C16H16N2O2. The Kier molecular flexibility index (Phi) is 4.50. The molecule has 4 nitrogen and oxygen atoms in total. The quantitative estimate of drug-likeness (QED) is 0.895. The molecule has 0 radical (unpaired) electrons. The van der Waals surface area contributed by atoms with Crippen molar-refractivity contribution in [2.24, 2.45) is 0 Å². The van der Waals surface area contributed by atoms with Gasteiger partial charge in [0.2, 0.25) is 5.91 Å². The molecule has 2 amide bonds. The van der Waals surface area contributed by atoms with E-state index in [1.807, 2.05) is 30.3 Å². The topological polar surface area (TPSA) is 58.2 Å². The van der Waals surface area contributed by atoms with Gasteiger partial charge in [0.25, 0.3) is 5.91 Å². The van der Waals surface area contributed by atoms with Crippen LogP contribution in [0.1, 0.15) is 22.8 Å². The second kappa shape index (κ2) is 6.52. The van der Waals surface area contributed by atoms with Gasteiger partial charge in [-0.15, -0.1) is 0 Å². The van der Waals surface area contributed by atoms with E-state index in [9.17, 15) is 9.59 Å². The second-order valence-corrected chi connectivity index (χ2v) is 4.43. The van der Waals surface area contributed by atoms with Gasteiger partial charge in [0, 0.05) is 24.7 Å². The summed E-state index contributed by atoms with van der Waals surface area (Å²) in [5, 5.41) is 5.50. The molecule has 0 unspecified atom stereocenters. The maximum Gasteiger partial charge on any atom is 0.251 e. The summed E-state index contributed by atoms with van der Waals surface area (Å²) in [4.78, 5) is 23.0. The highest BCUT2D eigenvalue weighted by Crippen LogP contribution is 2.10. The number of hydrogen-bond acceptors (Lipinski definition) is 2. The SMILES string of the molecule is CC(=O)Nc1cccc(C(=O)NCc2ccccc2)c1. The van der Waals surface area contributed by atoms with E-state index >= 15 is 0 Å². The predicted octanol–water partition coefficient (Wildman–Crippen LogP) is 2.58. The average Bonchev–Trinajstić information content (AvgIpc) is 2.45. The lowest BCUT2D eigenvalue weighted by atomic mass is 10.1. The van der Waals surface area contributed by atoms with Crippen LogP contribution in [-0.2, 0) is 11.3 Å². The maximum atomic E-state index is 12.0. The van der Waals surface area contributed by atoms with Crippen LogP contribution in [-0.4, -0.2) is 11.8 Å². The molecule has 0 bridgehead atoms. The van der Waals surface area contributed by atoms with Crippen molar-refractivity contribution in [2.45, 2.75) is 13.5 Å². The molecule has 2 aromatic carbocycles. The summed E-state index contributed by atoms with van der Waals surface area (Å²) in [6.45, 7) is 1.91. The van der Waals surface area contributed by atoms with Crippen molar-refractivity contribution in [1.29, 1.82) is 0 Å². The molecule has 0 aromatic heterocycles. The molecule has 102 valence electrons. The average molecular weight is 268 g/mol. The van der Waals surface area contributed by atoms with E-state index in [2.05, 4.69) is 10.6 Å². The van der Waals surface area contributed by atoms with Crippen LogP contribution in [0, 0.1) is 0 Å². The van der Waals surface area contributed by atoms with Crippen LogP contribution >= 0.6 is 0 Å². The van der Waals surface area contributed by atoms with Crippen LogP contribution in [0.2, 0.25) is 0 Å². The molecular weight excluding hydrogens is 252 g/mol. The van der Waals surface area contributed by atoms with Crippen molar-refractivity contribution in [3.05, 3.63) is 65.7 Å². The first-order chi connectivity index (χ1) is 9.65. The molecule has 0 aliphatic rings. The Morgan fingerprint density at radius 1 is 1.00 bits per heavy atom. The van der Waals surface area contributed by atoms with Crippen molar-refractivity contribution in [3.8, 4) is 0 Å². The zero-order valence-electron chi connectivity index (χ0n) is 11.2. The lowest BCUT2D eigenvalue weighted by molar-refractivity contribution is -0.114. The Morgan fingerprint density at radius 3 is 2.45 bits per heavy atom. The summed E-state index contributed by atoms with van der Waals surface area (Å²) < 4.78 is 0. The molecule has 4 heteroatoms. The van der Waals surface area contributed by atoms with Crippen LogP contribution in [0.4, 0.5) is 5.69 Å². The molecule has 20 heavy (non-hydrogen) atoms. The number of nitrogens with one attached hydrogen (secondary N) is 2. The first-order valence-corrected chi connectivity index (χ1v) is 6.35. The van der Waals surface area contributed by atoms with Gasteiger partial charge < -0.3 is 10.6 Å². The summed E-state index contributed by atoms with van der Waals surface area (Å²) in [7, 11) is 0. The minimum absolute atomic E-state index is 0.160. The lowest BCUT2D eigenvalue weighted by Crippen LogP contribution is -2.22. The summed E-state index contributed by atoms with van der Waals surface area (Å²) in [5.41, 5.74) is 2.18. The minimum atomic E-state index is -0.166. The third-order valence-electron chi connectivity index (χ3n) is 2.74. The Hall–Kier alpha value is -2.62. The first kappa shape index (κ1) is 13.8. The van der Waals surface area contributed by atoms with E-state index in [0.29, 0.717) is 17.8 Å². The predicted molar refractivity (Wildman–Crippen MR) is 78.4 cm³/mol. The fourth-order valence-corrected chi connectivity index (χ4v) is 1.82. The van der Waals surface area contributed by atoms with Gasteiger partial charge in [0.05, 0.1) is 0 Å². The van der Waals surface area contributed by atoms with E-state index in [0.717, 1.165) is 5.56 Å². The number of amides is 2. The molecule has 2 aromatic rings. The van der Waals surface area contributed by atoms with E-state index in [1.54, 1.807) is 24.3 Å². The fourth-order valence-electron chi connectivity index (χ4n) is 1.82. The maximum absolute atomic E-state index is 12.0. The number of hydrogen-bond donors (Lipinski definition) is 2. The normalized spacial score (nSPS) is 9.85. The fraction of sp³-hybridized carbons (Fsp3) is 0.125. The molecule has 0 spiro atoms. The highest BCUT2D eigenvalue weighted by molar-refractivity contribution is 5.96. The number of rotatable bonds is 4. The zero-order valence-corrected chi connectivity index (χ0v) is 11.2. The van der Waals surface area contributed by atoms with Gasteiger partial charge in [-0.3, -0.25) is 9.59 Å². The number of carbonyl (C=O) groups excluding carboxylic acids is 2. The van der Waals surface area contributed by atoms with Crippen molar-refractivity contribution in [2.75, 3.05) is 5.32 Å². The van der Waals surface area contributed by atoms with E-state index in [-0.39, 0.29) is 11.8 Å². The highest BCUT2D eigenvalue weighted by atomic mass is 16.2. The smallest absolute Gasteiger partial charge is 0.251 e. The van der Waals surface area contributed by atoms with Crippen LogP contribution < -0.4 is 10.6 Å². The zero-order chi connectivity index (χ0) is 14.4. The van der Waals surface area contributed by atoms with Crippen molar-refractivity contribution >= 4 is 17.5 Å². The number of anilines is 1. The van der Waals surface area contributed by atoms with Gasteiger partial charge in [-0.25, -0.2) is 0 Å². The van der Waals surface area contributed by atoms with Crippen molar-refractivity contribution < 1.29 is 9.59 Å². The van der Waals surface area contributed by atoms with E-state index in [1.165, 1.54) is 6.92 Å². The molecule has 0 aliphatic heterocycles. The van der Waals surface area contributed by atoms with Crippen molar-refractivity contribution in [3.63, 3.8) is 0 Å². The van der Waals surface area contributed by atoms with Crippen LogP contribution in [0.25, 0.3) is 0 Å². The highest BCUT2D eigenvalue weighted by Gasteiger charge is 2.06. The standard InChI is InChI=1S/C16H16N2O2/c1-12(19)18-15-9-5-8-14(10-15)16(20)17-11-13-6-3-2-4-7-13/h2-10H,11H2,1H3,(H,17,20)(H,18,19). The summed E-state index contributed by atoms with van der Waals surface area (Å²) in [5.74, 6) is -0.326. The van der Waals surface area contributed by atoms with Gasteiger partial charge in [0.1, 0.15) is 0 Å². The third kappa shape index (κ3) is 3.95. The van der Waals surface area contributed by atoms with Crippen LogP contribution in [0.15, 0.2) is 54.6 Å².